The summed E-state index contributed by atoms with van der Waals surface area (Å²) in [4.78, 5) is 39.2. The number of aliphatic hydroxyl groups is 8. The van der Waals surface area contributed by atoms with Gasteiger partial charge < -0.3 is 107 Å². The van der Waals surface area contributed by atoms with Crippen LogP contribution in [0.15, 0.2) is 0 Å². The van der Waals surface area contributed by atoms with Crippen molar-refractivity contribution in [3.8, 4) is 0 Å². The number of aliphatic hydroxyl groups excluding tert-OH is 4. The number of rotatable bonds is 26. The molecule has 5 rings (SSSR count). The van der Waals surface area contributed by atoms with Gasteiger partial charge in [-0.05, 0) is 248 Å². The Labute approximate surface area is 720 Å². The third kappa shape index (κ3) is 30.3. The first-order valence-corrected chi connectivity index (χ1v) is 50.7. The summed E-state index contributed by atoms with van der Waals surface area (Å²) in [6, 6.07) is -0.932. The molecule has 0 aromatic heterocycles. The van der Waals surface area contributed by atoms with E-state index in [1.54, 1.807) is 34.6 Å². The van der Waals surface area contributed by atoms with E-state index in [4.69, 9.17) is 56.3 Å². The first kappa shape index (κ1) is 113. The van der Waals surface area contributed by atoms with Gasteiger partial charge >= 0.3 is 12.1 Å². The summed E-state index contributed by atoms with van der Waals surface area (Å²) in [5, 5.41) is 93.6. The normalized spacial score (nSPS) is 37.4. The molecule has 5 fully saturated rings. The molecule has 0 bridgehead atoms. The monoisotopic (exact) mass is 1720 g/mol. The van der Waals surface area contributed by atoms with Gasteiger partial charge in [0.05, 0.1) is 90.4 Å². The number of hydrogen-bond acceptors (Lipinski definition) is 25. The van der Waals surface area contributed by atoms with E-state index in [0.717, 1.165) is 0 Å². The van der Waals surface area contributed by atoms with Crippen molar-refractivity contribution >= 4 is 28.8 Å². The minimum Gasteiger partial charge on any atom is -0.459 e. The molecule has 0 aromatic rings. The number of hydrogen-bond donors (Lipinski definition) is 8. The molecule has 700 valence electrons. The number of ether oxygens (including phenoxy) is 8. The Morgan fingerprint density at radius 2 is 1.10 bits per heavy atom. The van der Waals surface area contributed by atoms with Crippen LogP contribution in [0.2, 0.25) is 36.3 Å². The molecule has 25 nitrogen and oxygen atoms in total. The predicted octanol–water partition coefficient (Wildman–Crippen LogP) is 13.3. The van der Waals surface area contributed by atoms with E-state index < -0.39 is 143 Å². The van der Waals surface area contributed by atoms with Gasteiger partial charge in [0, 0.05) is 55.5 Å². The van der Waals surface area contributed by atoms with Crippen molar-refractivity contribution in [2.45, 2.75) is 466 Å². The van der Waals surface area contributed by atoms with Gasteiger partial charge in [-0.2, -0.15) is 9.59 Å². The number of cyclic esters (lactones) is 1. The summed E-state index contributed by atoms with van der Waals surface area (Å²) >= 11 is 0. The largest absolute Gasteiger partial charge is 0.459 e. The molecule has 33 atom stereocenters. The smallest absolute Gasteiger partial charge is 0.373 e. The van der Waals surface area contributed by atoms with Crippen molar-refractivity contribution < 1.29 is 102 Å². The Morgan fingerprint density at radius 3 is 1.54 bits per heavy atom. The van der Waals surface area contributed by atoms with Crippen molar-refractivity contribution in [2.75, 3.05) is 55.4 Å². The highest BCUT2D eigenvalue weighted by Crippen LogP contribution is 2.48. The third-order valence-corrected chi connectivity index (χ3v) is 38.1. The molecule has 5 aliphatic rings. The number of likely N-dealkylation sites (N-methyl/N-ethyl adjacent to an activating group) is 4. The average Bonchev–Trinajstić information content (AvgIpc) is 0.974. The van der Waals surface area contributed by atoms with E-state index >= 15 is 0 Å². The minimum atomic E-state index is -2.46. The fourth-order valence-corrected chi connectivity index (χ4v) is 21.3. The molecule has 0 saturated carbocycles. The fraction of sp³-hybridized carbons (Fsp3) is 0.978. The van der Waals surface area contributed by atoms with Crippen LogP contribution in [-0.2, 0) is 61.1 Å². The fourth-order valence-electron chi connectivity index (χ4n) is 18.5. The lowest BCUT2D eigenvalue weighted by Crippen LogP contribution is -2.63. The maximum atomic E-state index is 14.7. The van der Waals surface area contributed by atoms with E-state index in [1.165, 1.54) is 6.42 Å². The first-order chi connectivity index (χ1) is 53.4. The van der Waals surface area contributed by atoms with Gasteiger partial charge in [0.15, 0.2) is 35.5 Å². The predicted molar refractivity (Wildman–Crippen MR) is 473 cm³/mol. The topological polar surface area (TPSA) is 318 Å². The van der Waals surface area contributed by atoms with Crippen LogP contribution >= 0.6 is 0 Å². The Balaban J connectivity index is 0.000000698. The third-order valence-electron chi connectivity index (χ3n) is 29.1. The molecular formula is C91H182N4O21Si2. The molecule has 27 heteroatoms. The standard InChI is InChI=1S/C45H88N2O10Si.C35H74N2O8Si.C10H20O.CO2/c1-21-34-45(15,51)39(57-58(19,20)42(9,10)11)31(7)47(18)25-26(2)23-44(14,50)38(56-41-36(48)33(46(16)17)22-27(3)52-41)28(4)37(29(5)40(49)54-34)55-35-24-43(12,13)30(6)32(8)53-35;1-17-27(38)24(5)30(44-32-29(40)26(36(12)13)19-23(4)43-32)34(10,41)20-22(3)21-37(14)25(6)31(35(11,42)28(39)18-2)45-46(15,16)33(7,8)9;1-7-6-10(4,5)8(2)9(3)11-7;2-1-3/h26-39,41,48,50-51H,21-25H2,1-20H3;22-32,38-42H,17-21H2,1-16H3;7-9H,6H2,1-5H3;/t26-,27-,28+,29-,30+,31-,32+,33+,34-,35?,36-,37+,38-,39-,41?,44-,45-;22-,23-,24+,25-,26+,27-,28-,29-,30-,31-,32?,34-,35-;7?,8-,9-;/m110./s1. The van der Waals surface area contributed by atoms with Crippen LogP contribution in [0.3, 0.4) is 0 Å². The van der Waals surface area contributed by atoms with Crippen molar-refractivity contribution in [3.63, 3.8) is 0 Å². The molecule has 5 aliphatic heterocycles. The van der Waals surface area contributed by atoms with Crippen LogP contribution in [0.25, 0.3) is 0 Å². The second-order valence-electron chi connectivity index (χ2n) is 43.3. The molecule has 5 saturated heterocycles. The number of carbonyl (C=O) groups is 1. The number of carbonyl (C=O) groups excluding carboxylic acids is 3. The first-order valence-electron chi connectivity index (χ1n) is 44.9. The van der Waals surface area contributed by atoms with Crippen LogP contribution in [0.5, 0.6) is 0 Å². The van der Waals surface area contributed by atoms with Gasteiger partial charge in [0.2, 0.25) is 0 Å². The minimum absolute atomic E-state index is 0.0280. The quantitative estimate of drug-likeness (QED) is 0.0295. The molecular weight excluding hydrogens is 1540 g/mol. The van der Waals surface area contributed by atoms with Gasteiger partial charge in [0.25, 0.3) is 0 Å². The van der Waals surface area contributed by atoms with E-state index in [-0.39, 0.29) is 81.9 Å². The molecule has 0 aliphatic carbocycles. The molecule has 0 aromatic carbocycles. The summed E-state index contributed by atoms with van der Waals surface area (Å²) < 4.78 is 65.3. The molecule has 0 spiro atoms. The molecule has 118 heavy (non-hydrogen) atoms. The summed E-state index contributed by atoms with van der Waals surface area (Å²) in [6.07, 6.45) is -5.42. The zero-order chi connectivity index (χ0) is 92.2. The number of esters is 1. The van der Waals surface area contributed by atoms with Crippen molar-refractivity contribution in [1.29, 1.82) is 0 Å². The zero-order valence-corrected chi connectivity index (χ0v) is 84.2. The maximum Gasteiger partial charge on any atom is 0.373 e. The summed E-state index contributed by atoms with van der Waals surface area (Å²) in [5.41, 5.74) is -5.54. The molecule has 0 amide bonds. The molecule has 4 unspecified atom stereocenters. The zero-order valence-electron chi connectivity index (χ0n) is 82.2. The molecule has 8 N–H and O–H groups in total. The Morgan fingerprint density at radius 1 is 0.636 bits per heavy atom. The molecule has 0 radical (unpaired) electrons. The van der Waals surface area contributed by atoms with Crippen LogP contribution in [0, 0.1) is 52.3 Å². The summed E-state index contributed by atoms with van der Waals surface area (Å²) in [5.74, 6) is -1.61. The van der Waals surface area contributed by atoms with E-state index in [9.17, 15) is 45.6 Å². The van der Waals surface area contributed by atoms with Crippen LogP contribution in [0.4, 0.5) is 0 Å². The summed E-state index contributed by atoms with van der Waals surface area (Å²) in [6.45, 7) is 73.1. The Bertz CT molecular complexity index is 2960. The van der Waals surface area contributed by atoms with Gasteiger partial charge in [-0.3, -0.25) is 4.79 Å². The van der Waals surface area contributed by atoms with E-state index in [0.29, 0.717) is 88.0 Å². The lowest BCUT2D eigenvalue weighted by molar-refractivity contribution is -0.310. The highest BCUT2D eigenvalue weighted by molar-refractivity contribution is 6.74. The summed E-state index contributed by atoms with van der Waals surface area (Å²) in [7, 11) is 6.92. The van der Waals surface area contributed by atoms with Crippen molar-refractivity contribution in [2.24, 2.45) is 52.3 Å². The van der Waals surface area contributed by atoms with Crippen LogP contribution in [0.1, 0.15) is 272 Å². The Kier molecular flexibility index (Phi) is 43.3. The maximum absolute atomic E-state index is 14.7. The van der Waals surface area contributed by atoms with Crippen molar-refractivity contribution in [1.82, 2.24) is 19.6 Å². The van der Waals surface area contributed by atoms with E-state index in [1.807, 2.05) is 107 Å². The van der Waals surface area contributed by atoms with Gasteiger partial charge in [-0.25, -0.2) is 0 Å². The van der Waals surface area contributed by atoms with Gasteiger partial charge in [0.1, 0.15) is 29.5 Å². The Hall–Kier alpha value is -1.56. The van der Waals surface area contributed by atoms with Crippen LogP contribution in [-0.4, -0.2) is 302 Å². The van der Waals surface area contributed by atoms with Crippen LogP contribution < -0.4 is 0 Å². The van der Waals surface area contributed by atoms with Gasteiger partial charge in [-0.15, -0.1) is 0 Å². The second kappa shape index (κ2) is 45.4. The van der Waals surface area contributed by atoms with E-state index in [2.05, 4.69) is 161 Å². The SMILES string of the molecule is CC1CC(C)(C)[C@@H](C)[C@H](C)O1.CC[C@@H](O)[C@H](C)[C@@H](OC1O[C@H](C)C[C@H](N(C)C)[C@H]1O)[C@](C)(O)C[C@@H](C)CN(C)[C@H](C)[C@@H](O[Si](C)(C)C(C)(C)C)[C@](C)(O)[C@H](O)CC.CC[C@H]1OC(=O)[C@H](C)[C@@H](OC2CC(C)(C)[C@@H](C)[C@H](C)O2)[C@H](C)[C@@H](OC2O[C@H](C)C[C@H](N(C)C)[C@H]2O)[C@](C)(O)C[C@@H](C)CN(C)[C@H](C)[C@@H](O[Si](C)(C)C(C)(C)C)[C@]1(C)O.O=C=O. The average molecular weight is 1720 g/mol. The lowest BCUT2D eigenvalue weighted by Gasteiger charge is -2.49. The highest BCUT2D eigenvalue weighted by Gasteiger charge is 2.56. The number of nitrogens with zero attached hydrogens (tertiary/aromatic N) is 4. The highest BCUT2D eigenvalue weighted by atomic mass is 28.4. The van der Waals surface area contributed by atoms with Crippen molar-refractivity contribution in [3.05, 3.63) is 0 Å². The second-order valence-corrected chi connectivity index (χ2v) is 52.8. The van der Waals surface area contributed by atoms with Gasteiger partial charge in [-0.1, -0.05) is 132 Å². The molecule has 5 heterocycles. The lowest BCUT2D eigenvalue weighted by atomic mass is 9.71.